The van der Waals surface area contributed by atoms with Crippen molar-refractivity contribution in [1.82, 2.24) is 4.98 Å². The van der Waals surface area contributed by atoms with Crippen LogP contribution in [0.5, 0.6) is 0 Å². The van der Waals surface area contributed by atoms with Crippen LogP contribution in [0.3, 0.4) is 0 Å². The van der Waals surface area contributed by atoms with Crippen LogP contribution in [0.25, 0.3) is 0 Å². The molecule has 4 nitrogen and oxygen atoms in total. The number of carbonyl (C=O) groups is 1. The van der Waals surface area contributed by atoms with Crippen LogP contribution in [-0.2, 0) is 0 Å². The van der Waals surface area contributed by atoms with Gasteiger partial charge in [-0.2, -0.15) is 0 Å². The average molecular weight is 306 g/mol. The predicted molar refractivity (Wildman–Crippen MR) is 75.5 cm³/mol. The van der Waals surface area contributed by atoms with Crippen LogP contribution in [0.15, 0.2) is 40.9 Å². The maximum absolute atomic E-state index is 12.0. The molecule has 1 amide bonds. The maximum Gasteiger partial charge on any atom is 0.255 e. The van der Waals surface area contributed by atoms with Gasteiger partial charge in [0, 0.05) is 21.4 Å². The second kappa shape index (κ2) is 5.18. The summed E-state index contributed by atoms with van der Waals surface area (Å²) in [6.45, 7) is 1.80. The molecule has 0 aliphatic carbocycles. The van der Waals surface area contributed by atoms with Crippen molar-refractivity contribution in [3.63, 3.8) is 0 Å². The van der Waals surface area contributed by atoms with Gasteiger partial charge in [0.2, 0.25) is 0 Å². The van der Waals surface area contributed by atoms with Crippen LogP contribution in [0, 0.1) is 6.92 Å². The Morgan fingerprint density at radius 1 is 1.33 bits per heavy atom. The van der Waals surface area contributed by atoms with Crippen LogP contribution in [0.2, 0.25) is 0 Å². The van der Waals surface area contributed by atoms with Gasteiger partial charge in [0.15, 0.2) is 0 Å². The van der Waals surface area contributed by atoms with E-state index in [0.717, 1.165) is 15.9 Å². The third kappa shape index (κ3) is 3.07. The molecule has 0 aliphatic heterocycles. The van der Waals surface area contributed by atoms with E-state index in [-0.39, 0.29) is 5.91 Å². The molecule has 2 aromatic rings. The zero-order chi connectivity index (χ0) is 13.1. The third-order valence-electron chi connectivity index (χ3n) is 2.32. The van der Waals surface area contributed by atoms with Crippen molar-refractivity contribution in [3.05, 3.63) is 52.1 Å². The Morgan fingerprint density at radius 2 is 2.11 bits per heavy atom. The first-order valence-electron chi connectivity index (χ1n) is 5.36. The standard InChI is InChI=1S/C13H12BrN3O/c1-8-5-9(6-12(15)16-8)13(18)17-11-4-2-3-10(14)7-11/h2-7H,1H3,(H2,15,16)(H,17,18). The lowest BCUT2D eigenvalue weighted by molar-refractivity contribution is 0.102. The van der Waals surface area contributed by atoms with Crippen molar-refractivity contribution in [2.45, 2.75) is 6.92 Å². The zero-order valence-corrected chi connectivity index (χ0v) is 11.4. The highest BCUT2D eigenvalue weighted by Gasteiger charge is 2.08. The average Bonchev–Trinajstić information content (AvgIpc) is 2.27. The van der Waals surface area contributed by atoms with Gasteiger partial charge in [0.05, 0.1) is 0 Å². The summed E-state index contributed by atoms with van der Waals surface area (Å²) in [6.07, 6.45) is 0. The minimum atomic E-state index is -0.203. The van der Waals surface area contributed by atoms with Crippen molar-refractivity contribution in [3.8, 4) is 0 Å². The van der Waals surface area contributed by atoms with Gasteiger partial charge < -0.3 is 11.1 Å². The van der Waals surface area contributed by atoms with Gasteiger partial charge in [-0.1, -0.05) is 22.0 Å². The first-order valence-corrected chi connectivity index (χ1v) is 6.15. The number of anilines is 2. The van der Waals surface area contributed by atoms with Gasteiger partial charge in [-0.25, -0.2) is 4.98 Å². The summed E-state index contributed by atoms with van der Waals surface area (Å²) in [5, 5.41) is 2.80. The number of nitrogen functional groups attached to an aromatic ring is 1. The van der Waals surface area contributed by atoms with Crippen LogP contribution in [0.1, 0.15) is 16.1 Å². The fourth-order valence-corrected chi connectivity index (χ4v) is 1.99. The van der Waals surface area contributed by atoms with Crippen LogP contribution < -0.4 is 11.1 Å². The van der Waals surface area contributed by atoms with Crippen LogP contribution in [0.4, 0.5) is 11.5 Å². The van der Waals surface area contributed by atoms with E-state index in [2.05, 4.69) is 26.2 Å². The van der Waals surface area contributed by atoms with Gasteiger partial charge in [-0.3, -0.25) is 4.79 Å². The van der Waals surface area contributed by atoms with Gasteiger partial charge in [-0.15, -0.1) is 0 Å². The number of amides is 1. The third-order valence-corrected chi connectivity index (χ3v) is 2.81. The summed E-state index contributed by atoms with van der Waals surface area (Å²) in [6, 6.07) is 10.6. The fraction of sp³-hybridized carbons (Fsp3) is 0.0769. The number of nitrogens with two attached hydrogens (primary N) is 1. The number of rotatable bonds is 2. The van der Waals surface area contributed by atoms with Crippen molar-refractivity contribution in [2.24, 2.45) is 0 Å². The normalized spacial score (nSPS) is 10.1. The van der Waals surface area contributed by atoms with E-state index in [1.807, 2.05) is 24.3 Å². The molecule has 1 aromatic carbocycles. The molecule has 5 heteroatoms. The summed E-state index contributed by atoms with van der Waals surface area (Å²) in [5.74, 6) is 0.139. The molecule has 18 heavy (non-hydrogen) atoms. The van der Waals surface area contributed by atoms with E-state index >= 15 is 0 Å². The van der Waals surface area contributed by atoms with Gasteiger partial charge >= 0.3 is 0 Å². The molecule has 1 aromatic heterocycles. The topological polar surface area (TPSA) is 68.0 Å². The molecular formula is C13H12BrN3O. The Kier molecular flexibility index (Phi) is 3.62. The van der Waals surface area contributed by atoms with E-state index in [4.69, 9.17) is 5.73 Å². The summed E-state index contributed by atoms with van der Waals surface area (Å²) < 4.78 is 0.908. The Balaban J connectivity index is 2.22. The Hall–Kier alpha value is -1.88. The number of carbonyl (C=O) groups excluding carboxylic acids is 1. The SMILES string of the molecule is Cc1cc(C(=O)Nc2cccc(Br)c2)cc(N)n1. The van der Waals surface area contributed by atoms with Crippen LogP contribution in [-0.4, -0.2) is 10.9 Å². The molecule has 1 heterocycles. The van der Waals surface area contributed by atoms with Crippen molar-refractivity contribution >= 4 is 33.3 Å². The lowest BCUT2D eigenvalue weighted by Crippen LogP contribution is -2.13. The summed E-state index contributed by atoms with van der Waals surface area (Å²) >= 11 is 3.35. The molecule has 0 atom stereocenters. The molecule has 0 fully saturated rings. The summed E-state index contributed by atoms with van der Waals surface area (Å²) in [4.78, 5) is 16.0. The highest BCUT2D eigenvalue weighted by molar-refractivity contribution is 9.10. The first-order chi connectivity index (χ1) is 8.54. The number of pyridine rings is 1. The molecular weight excluding hydrogens is 294 g/mol. The first kappa shape index (κ1) is 12.6. The lowest BCUT2D eigenvalue weighted by atomic mass is 10.2. The maximum atomic E-state index is 12.0. The molecule has 0 aliphatic rings. The molecule has 0 spiro atoms. The molecule has 3 N–H and O–H groups in total. The molecule has 2 rings (SSSR count). The molecule has 0 saturated heterocycles. The molecule has 0 unspecified atom stereocenters. The lowest BCUT2D eigenvalue weighted by Gasteiger charge is -2.07. The van der Waals surface area contributed by atoms with Crippen molar-refractivity contribution in [2.75, 3.05) is 11.1 Å². The number of halogens is 1. The number of benzene rings is 1. The Labute approximate surface area is 113 Å². The molecule has 0 radical (unpaired) electrons. The van der Waals surface area contributed by atoms with E-state index < -0.39 is 0 Å². The smallest absolute Gasteiger partial charge is 0.255 e. The van der Waals surface area contributed by atoms with Gasteiger partial charge in [0.25, 0.3) is 5.91 Å². The largest absolute Gasteiger partial charge is 0.384 e. The molecule has 0 saturated carbocycles. The molecule has 0 bridgehead atoms. The highest BCUT2D eigenvalue weighted by atomic mass is 79.9. The summed E-state index contributed by atoms with van der Waals surface area (Å²) in [5.41, 5.74) is 7.56. The number of nitrogens with zero attached hydrogens (tertiary/aromatic N) is 1. The van der Waals surface area contributed by atoms with E-state index in [1.54, 1.807) is 19.1 Å². The number of hydrogen-bond donors (Lipinski definition) is 2. The number of aromatic nitrogens is 1. The highest BCUT2D eigenvalue weighted by Crippen LogP contribution is 2.17. The van der Waals surface area contributed by atoms with Gasteiger partial charge in [-0.05, 0) is 37.3 Å². The number of nitrogens with one attached hydrogen (secondary N) is 1. The van der Waals surface area contributed by atoms with E-state index in [0.29, 0.717) is 11.4 Å². The number of hydrogen-bond acceptors (Lipinski definition) is 3. The van der Waals surface area contributed by atoms with Gasteiger partial charge in [0.1, 0.15) is 5.82 Å². The summed E-state index contributed by atoms with van der Waals surface area (Å²) in [7, 11) is 0. The fourth-order valence-electron chi connectivity index (χ4n) is 1.59. The zero-order valence-electron chi connectivity index (χ0n) is 9.77. The van der Waals surface area contributed by atoms with Crippen molar-refractivity contribution < 1.29 is 4.79 Å². The monoisotopic (exact) mass is 305 g/mol. The minimum absolute atomic E-state index is 0.203. The second-order valence-electron chi connectivity index (χ2n) is 3.89. The number of aryl methyl sites for hydroxylation is 1. The minimum Gasteiger partial charge on any atom is -0.384 e. The van der Waals surface area contributed by atoms with Crippen molar-refractivity contribution in [1.29, 1.82) is 0 Å². The van der Waals surface area contributed by atoms with Crippen LogP contribution >= 0.6 is 15.9 Å². The Morgan fingerprint density at radius 3 is 2.78 bits per heavy atom. The molecule has 92 valence electrons. The second-order valence-corrected chi connectivity index (χ2v) is 4.80. The van der Waals surface area contributed by atoms with E-state index in [9.17, 15) is 4.79 Å². The van der Waals surface area contributed by atoms with E-state index in [1.165, 1.54) is 0 Å². The Bertz CT molecular complexity index is 578. The predicted octanol–water partition coefficient (Wildman–Crippen LogP) is 2.99. The quantitative estimate of drug-likeness (QED) is 0.896.